The molecule has 1 aromatic rings. The summed E-state index contributed by atoms with van der Waals surface area (Å²) in [5.41, 5.74) is 1.34. The number of Topliss-reactive ketones (excluding diaryl/α,β-unsaturated/α-hetero) is 1. The number of ketones is 1. The van der Waals surface area contributed by atoms with Gasteiger partial charge in [0.25, 0.3) is 0 Å². The maximum Gasteiger partial charge on any atom is 0.161 e. The number of hydrogen-bond donors (Lipinski definition) is 1. The van der Waals surface area contributed by atoms with E-state index in [9.17, 15) is 9.90 Å². The minimum absolute atomic E-state index is 0.0599. The quantitative estimate of drug-likeness (QED) is 0.913. The smallest absolute Gasteiger partial charge is 0.161 e. The molecule has 0 amide bonds. The van der Waals surface area contributed by atoms with Gasteiger partial charge in [-0.2, -0.15) is 0 Å². The highest BCUT2D eigenvalue weighted by Gasteiger charge is 2.50. The Kier molecular flexibility index (Phi) is 4.40. The molecule has 1 heterocycles. The lowest BCUT2D eigenvalue weighted by Crippen LogP contribution is -2.47. The minimum Gasteiger partial charge on any atom is -0.493 e. The molecule has 2 aliphatic rings. The Morgan fingerprint density at radius 3 is 2.62 bits per heavy atom. The van der Waals surface area contributed by atoms with Crippen LogP contribution in [0.5, 0.6) is 11.5 Å². The number of fused-ring (bicyclic) bond motifs is 1. The van der Waals surface area contributed by atoms with Crippen LogP contribution in [0.25, 0.3) is 0 Å². The van der Waals surface area contributed by atoms with Gasteiger partial charge in [-0.15, -0.1) is 0 Å². The number of carbonyl (C=O) groups is 1. The van der Waals surface area contributed by atoms with Crippen LogP contribution in [0, 0.1) is 0 Å². The molecular formula is C19H25NO4. The maximum atomic E-state index is 12.0. The molecule has 1 aliphatic heterocycles. The van der Waals surface area contributed by atoms with Crippen LogP contribution in [0.15, 0.2) is 29.8 Å². The fraction of sp³-hybridized carbons (Fsp3) is 0.526. The molecule has 24 heavy (non-hydrogen) atoms. The van der Waals surface area contributed by atoms with Crippen molar-refractivity contribution in [1.29, 1.82) is 0 Å². The van der Waals surface area contributed by atoms with Gasteiger partial charge in [-0.3, -0.25) is 4.79 Å². The number of rotatable bonds is 4. The Hall–Kier alpha value is -1.85. The van der Waals surface area contributed by atoms with Gasteiger partial charge in [-0.25, -0.2) is 0 Å². The number of nitrogens with zero attached hydrogens (tertiary/aromatic N) is 1. The summed E-state index contributed by atoms with van der Waals surface area (Å²) in [5.74, 6) is 1.31. The number of aliphatic hydroxyl groups is 1. The largest absolute Gasteiger partial charge is 0.493 e. The molecule has 130 valence electrons. The van der Waals surface area contributed by atoms with E-state index in [4.69, 9.17) is 9.47 Å². The lowest BCUT2D eigenvalue weighted by molar-refractivity contribution is -0.114. The van der Waals surface area contributed by atoms with Crippen LogP contribution in [-0.2, 0) is 10.2 Å². The van der Waals surface area contributed by atoms with Gasteiger partial charge in [-0.1, -0.05) is 12.1 Å². The van der Waals surface area contributed by atoms with Crippen LogP contribution >= 0.6 is 0 Å². The SMILES string of the molecule is COc1ccc([C@@]23C=C(C(C)=O)[C@H](O)C[C@@H]2N(C)CC3)cc1OC. The average Bonchev–Trinajstić information content (AvgIpc) is 2.91. The predicted octanol–water partition coefficient (Wildman–Crippen LogP) is 1.93. The molecule has 1 fully saturated rings. The molecule has 1 aliphatic carbocycles. The minimum atomic E-state index is -0.693. The summed E-state index contributed by atoms with van der Waals surface area (Å²) >= 11 is 0. The summed E-state index contributed by atoms with van der Waals surface area (Å²) in [5, 5.41) is 10.4. The van der Waals surface area contributed by atoms with Crippen molar-refractivity contribution >= 4 is 5.78 Å². The van der Waals surface area contributed by atoms with Gasteiger partial charge in [0.05, 0.1) is 20.3 Å². The van der Waals surface area contributed by atoms with E-state index in [-0.39, 0.29) is 17.2 Å². The van der Waals surface area contributed by atoms with Crippen molar-refractivity contribution in [3.05, 3.63) is 35.4 Å². The van der Waals surface area contributed by atoms with Crippen molar-refractivity contribution in [3.8, 4) is 11.5 Å². The highest BCUT2D eigenvalue weighted by molar-refractivity contribution is 5.95. The van der Waals surface area contributed by atoms with Crippen molar-refractivity contribution in [3.63, 3.8) is 0 Å². The first-order valence-corrected chi connectivity index (χ1v) is 8.27. The standard InChI is InChI=1S/C19H25NO4/c1-12(21)14-11-19(7-8-20(2)18(19)10-15(14)22)13-5-6-16(23-3)17(9-13)24-4/h5-6,9,11,15,18,22H,7-8,10H2,1-4H3/t15-,18+,19-/m1/s1. The first-order chi connectivity index (χ1) is 11.4. The van der Waals surface area contributed by atoms with Gasteiger partial charge < -0.3 is 19.5 Å². The lowest BCUT2D eigenvalue weighted by Gasteiger charge is -2.41. The van der Waals surface area contributed by atoms with E-state index in [0.717, 1.165) is 18.5 Å². The predicted molar refractivity (Wildman–Crippen MR) is 91.6 cm³/mol. The molecule has 0 bridgehead atoms. The Balaban J connectivity index is 2.16. The zero-order chi connectivity index (χ0) is 17.5. The van der Waals surface area contributed by atoms with E-state index in [0.29, 0.717) is 23.5 Å². The number of ether oxygens (including phenoxy) is 2. The van der Waals surface area contributed by atoms with Crippen LogP contribution < -0.4 is 9.47 Å². The molecule has 0 radical (unpaired) electrons. The average molecular weight is 331 g/mol. The molecule has 0 aromatic heterocycles. The van der Waals surface area contributed by atoms with E-state index in [1.54, 1.807) is 14.2 Å². The van der Waals surface area contributed by atoms with Crippen molar-refractivity contribution in [2.75, 3.05) is 27.8 Å². The van der Waals surface area contributed by atoms with Gasteiger partial charge in [0, 0.05) is 17.0 Å². The van der Waals surface area contributed by atoms with Crippen LogP contribution in [-0.4, -0.2) is 55.7 Å². The molecule has 1 aromatic carbocycles. The Labute approximate surface area is 142 Å². The summed E-state index contributed by atoms with van der Waals surface area (Å²) in [6.07, 6.45) is 2.78. The first-order valence-electron chi connectivity index (χ1n) is 8.27. The van der Waals surface area contributed by atoms with Crippen molar-refractivity contribution in [2.24, 2.45) is 0 Å². The Morgan fingerprint density at radius 1 is 1.29 bits per heavy atom. The third kappa shape index (κ3) is 2.52. The Morgan fingerprint density at radius 2 is 2.00 bits per heavy atom. The van der Waals surface area contributed by atoms with Crippen molar-refractivity contribution < 1.29 is 19.4 Å². The molecule has 0 spiro atoms. The van der Waals surface area contributed by atoms with E-state index >= 15 is 0 Å². The third-order valence-corrected chi connectivity index (χ3v) is 5.55. The van der Waals surface area contributed by atoms with Crippen LogP contribution in [0.1, 0.15) is 25.3 Å². The summed E-state index contributed by atoms with van der Waals surface area (Å²) in [6.45, 7) is 2.45. The molecule has 5 nitrogen and oxygen atoms in total. The van der Waals surface area contributed by atoms with Crippen molar-refractivity contribution in [1.82, 2.24) is 4.90 Å². The number of likely N-dealkylation sites (N-methyl/N-ethyl adjacent to an activating group) is 1. The maximum absolute atomic E-state index is 12.0. The number of benzene rings is 1. The molecular weight excluding hydrogens is 306 g/mol. The fourth-order valence-electron chi connectivity index (χ4n) is 4.23. The van der Waals surface area contributed by atoms with E-state index < -0.39 is 6.10 Å². The van der Waals surface area contributed by atoms with Crippen LogP contribution in [0.2, 0.25) is 0 Å². The van der Waals surface area contributed by atoms with Gasteiger partial charge >= 0.3 is 0 Å². The molecule has 3 rings (SSSR count). The zero-order valence-corrected chi connectivity index (χ0v) is 14.7. The normalized spacial score (nSPS) is 29.8. The lowest BCUT2D eigenvalue weighted by atomic mass is 9.67. The molecule has 5 heteroatoms. The van der Waals surface area contributed by atoms with Crippen LogP contribution in [0.4, 0.5) is 0 Å². The summed E-state index contributed by atoms with van der Waals surface area (Å²) < 4.78 is 10.8. The number of likely N-dealkylation sites (tertiary alicyclic amines) is 1. The fourth-order valence-corrected chi connectivity index (χ4v) is 4.23. The number of methoxy groups -OCH3 is 2. The van der Waals surface area contributed by atoms with E-state index in [1.807, 2.05) is 24.3 Å². The van der Waals surface area contributed by atoms with Crippen molar-refractivity contribution in [2.45, 2.75) is 37.3 Å². The number of carbonyl (C=O) groups excluding carboxylic acids is 1. The second-order valence-corrected chi connectivity index (χ2v) is 6.76. The summed E-state index contributed by atoms with van der Waals surface area (Å²) in [6, 6.07) is 6.11. The molecule has 0 unspecified atom stereocenters. The Bertz CT molecular complexity index is 684. The van der Waals surface area contributed by atoms with E-state index in [2.05, 4.69) is 11.9 Å². The molecule has 1 saturated heterocycles. The zero-order valence-electron chi connectivity index (χ0n) is 14.7. The van der Waals surface area contributed by atoms with Gasteiger partial charge in [0.1, 0.15) is 0 Å². The second kappa shape index (κ2) is 6.22. The molecule has 0 saturated carbocycles. The second-order valence-electron chi connectivity index (χ2n) is 6.76. The van der Waals surface area contributed by atoms with E-state index in [1.165, 1.54) is 6.92 Å². The van der Waals surface area contributed by atoms with Gasteiger partial charge in [0.2, 0.25) is 0 Å². The molecule has 3 atom stereocenters. The first kappa shape index (κ1) is 17.0. The highest BCUT2D eigenvalue weighted by Crippen LogP contribution is 2.48. The monoisotopic (exact) mass is 331 g/mol. The number of aliphatic hydroxyl groups excluding tert-OH is 1. The topological polar surface area (TPSA) is 59.0 Å². The molecule has 1 N–H and O–H groups in total. The summed E-state index contributed by atoms with van der Waals surface area (Å²) in [7, 11) is 5.32. The van der Waals surface area contributed by atoms with Gasteiger partial charge in [-0.05, 0) is 51.1 Å². The highest BCUT2D eigenvalue weighted by atomic mass is 16.5. The van der Waals surface area contributed by atoms with Crippen LogP contribution in [0.3, 0.4) is 0 Å². The number of hydrogen-bond acceptors (Lipinski definition) is 5. The third-order valence-electron chi connectivity index (χ3n) is 5.55. The van der Waals surface area contributed by atoms with Gasteiger partial charge in [0.15, 0.2) is 17.3 Å². The summed E-state index contributed by atoms with van der Waals surface area (Å²) in [4.78, 5) is 14.3.